The predicted molar refractivity (Wildman–Crippen MR) is 524 cm³/mol. The molecule has 718 valence electrons. The zero-order valence-electron chi connectivity index (χ0n) is 78.1. The lowest BCUT2D eigenvalue weighted by Crippen LogP contribution is -2.50. The molecule has 10 aromatic rings. The van der Waals surface area contributed by atoms with Crippen LogP contribution in [-0.2, 0) is 68.9 Å². The minimum absolute atomic E-state index is 0.00178. The maximum absolute atomic E-state index is 14.6. The van der Waals surface area contributed by atoms with Crippen LogP contribution >= 0.6 is 11.8 Å². The van der Waals surface area contributed by atoms with Crippen LogP contribution in [0.15, 0.2) is 283 Å². The smallest absolute Gasteiger partial charge is 0.431 e. The van der Waals surface area contributed by atoms with Gasteiger partial charge in [0.15, 0.2) is 5.78 Å². The number of hydrazine groups is 1. The fourth-order valence-electron chi connectivity index (χ4n) is 13.1. The second kappa shape index (κ2) is 56.3. The summed E-state index contributed by atoms with van der Waals surface area (Å²) in [5, 5.41) is 72.5. The van der Waals surface area contributed by atoms with E-state index in [4.69, 9.17) is 24.4 Å². The molecule has 0 saturated heterocycles. The minimum Gasteiger partial charge on any atom is -0.445 e. The SMILES string of the molecule is C=CCOC(=O)NC[C@H](C)C(=O)N[C@@H](Cc1ccc(CCc2ccccc2)cc1)C(=O)C[C@@H](Cc1ccccc1)C(=O)N[C@H](C(=O)O/N=C(/c1ccc(C)cc1)c1ccc([N+](=O)[O-])cc1)C(C)CC.CCC(C)[C@H](C)C(=O)O/N=C(/c1ccc(C)cc1)c1ccc([N+](=O)[O-])cc1.CSCC[C@H](C)C(=O)NNC(=O)Oc1ccc([N+](=O)[O-])cc1.Cc1ccc(/C(=N\O)c2ccc([N+](=O)[O-])cc2)cc1. The molecule has 33 nitrogen and oxygen atoms in total. The molecule has 0 saturated carbocycles. The third-order valence-electron chi connectivity index (χ3n) is 22.2. The summed E-state index contributed by atoms with van der Waals surface area (Å²) in [7, 11) is 0. The topological polar surface area (TPSA) is 463 Å². The number of benzene rings is 10. The van der Waals surface area contributed by atoms with Crippen LogP contribution in [0.4, 0.5) is 32.3 Å². The summed E-state index contributed by atoms with van der Waals surface area (Å²) in [5.41, 5.74) is 16.1. The number of nitrogens with one attached hydrogen (secondary N) is 5. The number of oxime groups is 3. The summed E-state index contributed by atoms with van der Waals surface area (Å²) < 4.78 is 9.85. The molecule has 10 aromatic carbocycles. The molecule has 0 aromatic heterocycles. The number of amides is 5. The van der Waals surface area contributed by atoms with Gasteiger partial charge in [-0.15, -0.1) is 0 Å². The molecule has 8 atom stereocenters. The number of nitrogens with zero attached hydrogens (tertiary/aromatic N) is 7. The molecule has 0 aliphatic heterocycles. The normalized spacial score (nSPS) is 12.8. The van der Waals surface area contributed by atoms with Crippen molar-refractivity contribution in [2.75, 3.05) is 25.2 Å². The Kier molecular flexibility index (Phi) is 44.5. The monoisotopic (exact) mass is 1890 g/mol. The molecule has 10 rings (SSSR count). The van der Waals surface area contributed by atoms with Crippen LogP contribution in [0.25, 0.3) is 0 Å². The van der Waals surface area contributed by atoms with Crippen LogP contribution in [0, 0.1) is 96.7 Å². The first kappa shape index (κ1) is 108. The number of nitro groups is 4. The number of thioether (sulfide) groups is 1. The van der Waals surface area contributed by atoms with Crippen molar-refractivity contribution in [3.8, 4) is 5.75 Å². The maximum atomic E-state index is 14.6. The van der Waals surface area contributed by atoms with Gasteiger partial charge in [-0.1, -0.05) is 264 Å². The summed E-state index contributed by atoms with van der Waals surface area (Å²) in [6.45, 7) is 22.2. The van der Waals surface area contributed by atoms with E-state index >= 15 is 0 Å². The van der Waals surface area contributed by atoms with Gasteiger partial charge in [-0.3, -0.25) is 65.1 Å². The van der Waals surface area contributed by atoms with E-state index in [0.717, 1.165) is 69.5 Å². The van der Waals surface area contributed by atoms with E-state index in [0.29, 0.717) is 46.5 Å². The molecule has 5 amide bonds. The molecule has 0 fully saturated rings. The van der Waals surface area contributed by atoms with Crippen LogP contribution in [0.3, 0.4) is 0 Å². The minimum atomic E-state index is -1.18. The number of hydrogen-bond acceptors (Lipinski definition) is 25. The lowest BCUT2D eigenvalue weighted by atomic mass is 9.88. The first-order chi connectivity index (χ1) is 65.6. The van der Waals surface area contributed by atoms with Crippen LogP contribution in [-0.4, -0.2) is 127 Å². The van der Waals surface area contributed by atoms with Gasteiger partial charge in [-0.25, -0.2) is 24.6 Å². The molecule has 137 heavy (non-hydrogen) atoms. The van der Waals surface area contributed by atoms with Crippen molar-refractivity contribution in [3.05, 3.63) is 380 Å². The molecule has 0 aliphatic carbocycles. The van der Waals surface area contributed by atoms with Gasteiger partial charge in [0, 0.05) is 107 Å². The molecule has 0 aliphatic rings. The van der Waals surface area contributed by atoms with Gasteiger partial charge >= 0.3 is 24.1 Å². The molecule has 6 N–H and O–H groups in total. The number of ether oxygens (including phenoxy) is 2. The van der Waals surface area contributed by atoms with E-state index in [1.165, 1.54) is 84.4 Å². The molecule has 0 bridgehead atoms. The fourth-order valence-corrected chi connectivity index (χ4v) is 13.7. The van der Waals surface area contributed by atoms with E-state index in [1.54, 1.807) is 68.9 Å². The molecule has 0 heterocycles. The molecule has 2 unspecified atom stereocenters. The average Bonchev–Trinajstić information content (AvgIpc) is 0.859. The summed E-state index contributed by atoms with van der Waals surface area (Å²) in [6, 6.07) is 70.0. The Labute approximate surface area is 799 Å². The maximum Gasteiger partial charge on any atom is 0.431 e. The van der Waals surface area contributed by atoms with E-state index in [1.807, 2.05) is 188 Å². The van der Waals surface area contributed by atoms with E-state index in [9.17, 15) is 78.8 Å². The Balaban J connectivity index is 0.000000302. The van der Waals surface area contributed by atoms with Gasteiger partial charge in [-0.2, -0.15) is 11.8 Å². The highest BCUT2D eigenvalue weighted by Crippen LogP contribution is 2.27. The van der Waals surface area contributed by atoms with Gasteiger partial charge < -0.3 is 40.3 Å². The number of rotatable bonds is 41. The summed E-state index contributed by atoms with van der Waals surface area (Å²) >= 11 is 1.64. The second-order valence-corrected chi connectivity index (χ2v) is 33.4. The lowest BCUT2D eigenvalue weighted by molar-refractivity contribution is -0.385. The number of carbonyl (C=O) groups excluding carboxylic acids is 8. The van der Waals surface area contributed by atoms with Crippen molar-refractivity contribution in [1.82, 2.24) is 26.8 Å². The Hall–Kier alpha value is -15.7. The Bertz CT molecular complexity index is 5780. The van der Waals surface area contributed by atoms with Crippen LogP contribution < -0.4 is 31.5 Å². The molecule has 0 spiro atoms. The number of non-ortho nitro benzene ring substituents is 4. The summed E-state index contributed by atoms with van der Waals surface area (Å²) in [4.78, 5) is 157. The van der Waals surface area contributed by atoms with Gasteiger partial charge in [0.2, 0.25) is 17.7 Å². The van der Waals surface area contributed by atoms with Crippen molar-refractivity contribution in [3.63, 3.8) is 0 Å². The Morgan fingerprint density at radius 1 is 0.453 bits per heavy atom. The third kappa shape index (κ3) is 36.3. The fraction of sp³-hybridized carbons (Fsp3) is 0.291. The molecular formula is C103H114N12O21S. The van der Waals surface area contributed by atoms with Crippen LogP contribution in [0.1, 0.15) is 146 Å². The van der Waals surface area contributed by atoms with Gasteiger partial charge in [-0.05, 0) is 148 Å². The zero-order chi connectivity index (χ0) is 100. The van der Waals surface area contributed by atoms with E-state index < -0.39 is 91.3 Å². The van der Waals surface area contributed by atoms with Gasteiger partial charge in [0.25, 0.3) is 22.7 Å². The highest BCUT2D eigenvalue weighted by Gasteiger charge is 2.35. The number of aryl methyl sites for hydroxylation is 5. The third-order valence-corrected chi connectivity index (χ3v) is 22.8. The van der Waals surface area contributed by atoms with E-state index in [2.05, 4.69) is 61.0 Å². The first-order valence-corrected chi connectivity index (χ1v) is 45.6. The standard InChI is InChI=1S/C55H61N5O9.C21H24N2O4.C14H12N2O3.C13H17N3O5S/c1-6-32-68-55(65)56-36-39(5)52(62)57-48(34-43-24-22-41(23-25-43)21-20-40-14-10-8-11-15-40)49(61)35-46(33-42-16-12-9-13-17-42)53(63)58-50(38(4)7-2)54(64)69-59-51(44-26-18-37(3)19-27-44)45-28-30-47(31-29-45)60(66)67;1-5-15(3)16(4)21(24)27-22-20(17-8-6-14(2)7-9-17)18-10-12-19(13-11-18)23(25)26;1-10-2-4-11(5-3-10)14(15-17)12-6-8-13(9-7-12)16(18)19;1-9(7-8-22-2)12(17)14-15-13(18)21-11-5-3-10(4-6-11)16(19)20/h6,8-19,22-31,38-39,46,48,50H,1,7,20-21,32-36H2,2-5H3,(H,56,65)(H,57,62)(H,58,63);6-13,15-16H,5H2,1-4H3;2-9,17H,1H3;3-6,9H,7-8H2,1-2H3,(H,14,17)(H,15,18)/b59-51-;22-20-;15-14+;/t38?,39-,46+,48-,50-;15?,16-;;9-/m00.0/s1. The number of ketones is 1. The number of hydrogen-bond donors (Lipinski definition) is 6. The number of alkyl carbamates (subject to hydrolysis) is 1. The molecule has 34 heteroatoms. The summed E-state index contributed by atoms with van der Waals surface area (Å²) in [6.07, 6.45) is 5.46. The van der Waals surface area contributed by atoms with Gasteiger partial charge in [0.1, 0.15) is 35.5 Å². The van der Waals surface area contributed by atoms with Gasteiger partial charge in [0.05, 0.1) is 37.6 Å². The summed E-state index contributed by atoms with van der Waals surface area (Å²) in [5.74, 6) is -4.51. The highest BCUT2D eigenvalue weighted by molar-refractivity contribution is 7.98. The Morgan fingerprint density at radius 2 is 0.847 bits per heavy atom. The van der Waals surface area contributed by atoms with Crippen molar-refractivity contribution >= 4 is 99.3 Å². The Morgan fingerprint density at radius 3 is 1.26 bits per heavy atom. The van der Waals surface area contributed by atoms with Crippen LogP contribution in [0.2, 0.25) is 0 Å². The first-order valence-electron chi connectivity index (χ1n) is 44.2. The highest BCUT2D eigenvalue weighted by atomic mass is 32.2. The zero-order valence-corrected chi connectivity index (χ0v) is 78.9. The molecule has 0 radical (unpaired) electrons. The number of Topliss-reactive ketones (excluding diaryl/α,β-unsaturated/α-hetero) is 1. The number of carbonyl (C=O) groups is 8. The second-order valence-electron chi connectivity index (χ2n) is 32.4. The number of nitro benzene ring substituents is 4. The van der Waals surface area contributed by atoms with Crippen LogP contribution in [0.5, 0.6) is 5.75 Å². The van der Waals surface area contributed by atoms with Crippen molar-refractivity contribution in [2.24, 2.45) is 51.0 Å². The lowest BCUT2D eigenvalue weighted by Gasteiger charge is -2.26. The largest absolute Gasteiger partial charge is 0.445 e. The van der Waals surface area contributed by atoms with Crippen molar-refractivity contribution in [2.45, 2.75) is 133 Å². The quantitative estimate of drug-likeness (QED) is 0.00517. The van der Waals surface area contributed by atoms with Crippen molar-refractivity contribution < 1.29 is 82.4 Å². The van der Waals surface area contributed by atoms with E-state index in [-0.39, 0.29) is 90.3 Å². The average molecular weight is 1890 g/mol. The predicted octanol–water partition coefficient (Wildman–Crippen LogP) is 18.7. The van der Waals surface area contributed by atoms with Crippen molar-refractivity contribution in [1.29, 1.82) is 0 Å². The molecular weight excluding hydrogens is 1770 g/mol.